The van der Waals surface area contributed by atoms with Crippen LogP contribution in [-0.4, -0.2) is 23.6 Å². The van der Waals surface area contributed by atoms with E-state index in [1.807, 2.05) is 31.3 Å². The number of nitrogens with zero attached hydrogens (tertiary/aromatic N) is 2. The van der Waals surface area contributed by atoms with Gasteiger partial charge < -0.3 is 10.1 Å². The summed E-state index contributed by atoms with van der Waals surface area (Å²) < 4.78 is 5.28. The highest BCUT2D eigenvalue weighted by Gasteiger charge is 2.06. The van der Waals surface area contributed by atoms with Crippen LogP contribution in [0.15, 0.2) is 30.5 Å². The van der Waals surface area contributed by atoms with Crippen LogP contribution in [0.2, 0.25) is 0 Å². The fourth-order valence-electron chi connectivity index (χ4n) is 2.14. The molecule has 112 valence electrons. The van der Waals surface area contributed by atoms with Crippen LogP contribution in [0.3, 0.4) is 0 Å². The molecule has 0 saturated heterocycles. The van der Waals surface area contributed by atoms with Gasteiger partial charge in [-0.2, -0.15) is 0 Å². The van der Waals surface area contributed by atoms with Gasteiger partial charge >= 0.3 is 0 Å². The molecule has 4 nitrogen and oxygen atoms in total. The Morgan fingerprint density at radius 1 is 1.24 bits per heavy atom. The molecule has 0 aliphatic carbocycles. The Morgan fingerprint density at radius 3 is 2.71 bits per heavy atom. The lowest BCUT2D eigenvalue weighted by atomic mass is 10.1. The molecule has 2 rings (SSSR count). The smallest absolute Gasteiger partial charge is 0.159 e. The molecule has 0 spiro atoms. The first kappa shape index (κ1) is 15.4. The highest BCUT2D eigenvalue weighted by Crippen LogP contribution is 2.23. The topological polar surface area (TPSA) is 47.0 Å². The van der Waals surface area contributed by atoms with E-state index < -0.39 is 0 Å². The molecule has 0 fully saturated rings. The van der Waals surface area contributed by atoms with Crippen molar-refractivity contribution < 1.29 is 4.74 Å². The molecule has 0 unspecified atom stereocenters. The van der Waals surface area contributed by atoms with Crippen LogP contribution in [0.1, 0.15) is 25.1 Å². The number of nitrogens with one attached hydrogen (secondary N) is 1. The van der Waals surface area contributed by atoms with E-state index in [2.05, 4.69) is 35.2 Å². The van der Waals surface area contributed by atoms with Crippen molar-refractivity contribution in [3.63, 3.8) is 0 Å². The zero-order chi connectivity index (χ0) is 15.2. The molecule has 0 radical (unpaired) electrons. The number of ether oxygens (including phenoxy) is 1. The Hall–Kier alpha value is -1.94. The number of aromatic nitrogens is 2. The number of aryl methyl sites for hydroxylation is 1. The minimum absolute atomic E-state index is 0.635. The van der Waals surface area contributed by atoms with Crippen LogP contribution >= 0.6 is 0 Å². The van der Waals surface area contributed by atoms with Crippen molar-refractivity contribution >= 4 is 0 Å². The summed E-state index contributed by atoms with van der Waals surface area (Å²) in [6.45, 7) is 8.16. The average Bonchev–Trinajstić information content (AvgIpc) is 2.47. The first-order valence-corrected chi connectivity index (χ1v) is 7.28. The number of rotatable bonds is 6. The van der Waals surface area contributed by atoms with Crippen molar-refractivity contribution in [1.82, 2.24) is 15.3 Å². The van der Waals surface area contributed by atoms with Gasteiger partial charge in [-0.3, -0.25) is 0 Å². The molecule has 0 bridgehead atoms. The number of benzene rings is 1. The van der Waals surface area contributed by atoms with Crippen molar-refractivity contribution in [2.24, 2.45) is 5.92 Å². The average molecular weight is 285 g/mol. The summed E-state index contributed by atoms with van der Waals surface area (Å²) in [5.74, 6) is 2.27. The van der Waals surface area contributed by atoms with Crippen LogP contribution in [-0.2, 0) is 6.54 Å². The molecule has 21 heavy (non-hydrogen) atoms. The molecular formula is C17H23N3O. The quantitative estimate of drug-likeness (QED) is 0.885. The van der Waals surface area contributed by atoms with Gasteiger partial charge in [0.1, 0.15) is 5.75 Å². The molecule has 1 heterocycles. The predicted molar refractivity (Wildman–Crippen MR) is 85.3 cm³/mol. The monoisotopic (exact) mass is 285 g/mol. The lowest BCUT2D eigenvalue weighted by molar-refractivity contribution is 0.412. The summed E-state index contributed by atoms with van der Waals surface area (Å²) in [6.07, 6.45) is 1.81. The Kier molecular flexibility index (Phi) is 5.28. The molecular weight excluding hydrogens is 262 g/mol. The zero-order valence-electron chi connectivity index (χ0n) is 13.2. The van der Waals surface area contributed by atoms with Gasteiger partial charge in [0.25, 0.3) is 0 Å². The van der Waals surface area contributed by atoms with Gasteiger partial charge in [-0.1, -0.05) is 13.8 Å². The van der Waals surface area contributed by atoms with Crippen molar-refractivity contribution in [2.75, 3.05) is 13.7 Å². The molecule has 4 heteroatoms. The minimum atomic E-state index is 0.635. The first-order valence-electron chi connectivity index (χ1n) is 7.28. The second-order valence-corrected chi connectivity index (χ2v) is 5.58. The summed E-state index contributed by atoms with van der Waals surface area (Å²) in [4.78, 5) is 8.99. The molecule has 1 aromatic heterocycles. The van der Waals surface area contributed by atoms with Crippen molar-refractivity contribution in [1.29, 1.82) is 0 Å². The predicted octanol–water partition coefficient (Wildman–Crippen LogP) is 3.21. The summed E-state index contributed by atoms with van der Waals surface area (Å²) in [7, 11) is 1.68. The van der Waals surface area contributed by atoms with E-state index in [-0.39, 0.29) is 0 Å². The van der Waals surface area contributed by atoms with Gasteiger partial charge in [0.05, 0.1) is 12.8 Å². The highest BCUT2D eigenvalue weighted by atomic mass is 16.5. The molecule has 0 aliphatic heterocycles. The molecule has 0 aliphatic rings. The third-order valence-corrected chi connectivity index (χ3v) is 3.23. The molecule has 0 atom stereocenters. The van der Waals surface area contributed by atoms with Gasteiger partial charge in [0.15, 0.2) is 5.82 Å². The number of hydrogen-bond acceptors (Lipinski definition) is 4. The Labute approximate surface area is 126 Å². The number of hydrogen-bond donors (Lipinski definition) is 1. The maximum absolute atomic E-state index is 5.28. The van der Waals surface area contributed by atoms with Crippen molar-refractivity contribution in [2.45, 2.75) is 27.3 Å². The molecule has 0 amide bonds. The maximum atomic E-state index is 5.28. The number of methoxy groups -OCH3 is 1. The molecule has 0 saturated carbocycles. The van der Waals surface area contributed by atoms with Crippen LogP contribution < -0.4 is 10.1 Å². The maximum Gasteiger partial charge on any atom is 0.159 e. The Bertz CT molecular complexity index is 596. The summed E-state index contributed by atoms with van der Waals surface area (Å²) in [5.41, 5.74) is 3.11. The van der Waals surface area contributed by atoms with Crippen LogP contribution in [0.5, 0.6) is 5.75 Å². The first-order chi connectivity index (χ1) is 10.1. The fourth-order valence-corrected chi connectivity index (χ4v) is 2.14. The Morgan fingerprint density at radius 2 is 2.05 bits per heavy atom. The second kappa shape index (κ2) is 7.18. The van der Waals surface area contributed by atoms with E-state index >= 15 is 0 Å². The third-order valence-electron chi connectivity index (χ3n) is 3.23. The van der Waals surface area contributed by atoms with Gasteiger partial charge in [-0.15, -0.1) is 0 Å². The highest BCUT2D eigenvalue weighted by molar-refractivity contribution is 5.58. The van der Waals surface area contributed by atoms with Crippen LogP contribution in [0, 0.1) is 12.8 Å². The Balaban J connectivity index is 2.15. The van der Waals surface area contributed by atoms with Gasteiger partial charge in [0.2, 0.25) is 0 Å². The van der Waals surface area contributed by atoms with E-state index in [4.69, 9.17) is 4.74 Å². The van der Waals surface area contributed by atoms with Gasteiger partial charge in [-0.05, 0) is 49.2 Å². The largest absolute Gasteiger partial charge is 0.496 e. The van der Waals surface area contributed by atoms with E-state index in [0.29, 0.717) is 5.92 Å². The van der Waals surface area contributed by atoms with E-state index in [1.54, 1.807) is 7.11 Å². The lowest BCUT2D eigenvalue weighted by Gasteiger charge is -2.09. The minimum Gasteiger partial charge on any atom is -0.496 e. The summed E-state index contributed by atoms with van der Waals surface area (Å²) in [5, 5.41) is 3.40. The SMILES string of the molecule is COc1ccc(-c2nccc(CNCC(C)C)n2)cc1C. The zero-order valence-corrected chi connectivity index (χ0v) is 13.2. The third kappa shape index (κ3) is 4.26. The van der Waals surface area contributed by atoms with Crippen LogP contribution in [0.25, 0.3) is 11.4 Å². The van der Waals surface area contributed by atoms with Crippen molar-refractivity contribution in [3.05, 3.63) is 41.7 Å². The summed E-state index contributed by atoms with van der Waals surface area (Å²) >= 11 is 0. The molecule has 1 aromatic carbocycles. The standard InChI is InChI=1S/C17H23N3O/c1-12(2)10-18-11-15-7-8-19-17(20-15)14-5-6-16(21-4)13(3)9-14/h5-9,12,18H,10-11H2,1-4H3. The molecule has 1 N–H and O–H groups in total. The van der Waals surface area contributed by atoms with E-state index in [9.17, 15) is 0 Å². The fraction of sp³-hybridized carbons (Fsp3) is 0.412. The van der Waals surface area contributed by atoms with Gasteiger partial charge in [0, 0.05) is 18.3 Å². The summed E-state index contributed by atoms with van der Waals surface area (Å²) in [6, 6.07) is 7.96. The van der Waals surface area contributed by atoms with Gasteiger partial charge in [-0.25, -0.2) is 9.97 Å². The van der Waals surface area contributed by atoms with E-state index in [1.165, 1.54) is 0 Å². The molecule has 2 aromatic rings. The normalized spacial score (nSPS) is 10.9. The second-order valence-electron chi connectivity index (χ2n) is 5.58. The van der Waals surface area contributed by atoms with E-state index in [0.717, 1.165) is 41.5 Å². The lowest BCUT2D eigenvalue weighted by Crippen LogP contribution is -2.19. The van der Waals surface area contributed by atoms with Crippen molar-refractivity contribution in [3.8, 4) is 17.1 Å². The van der Waals surface area contributed by atoms with Crippen LogP contribution in [0.4, 0.5) is 0 Å².